The first-order valence-corrected chi connectivity index (χ1v) is 12.1. The van der Waals surface area contributed by atoms with Crippen LogP contribution in [0.4, 0.5) is 0 Å². The highest BCUT2D eigenvalue weighted by molar-refractivity contribution is 14.1. The molecule has 1 aromatic heterocycles. The zero-order valence-corrected chi connectivity index (χ0v) is 21.9. The van der Waals surface area contributed by atoms with E-state index in [4.69, 9.17) is 27.4 Å². The van der Waals surface area contributed by atoms with Gasteiger partial charge in [-0.1, -0.05) is 12.1 Å². The number of pyridine rings is 1. The van der Waals surface area contributed by atoms with Gasteiger partial charge in [-0.3, -0.25) is 4.98 Å². The Bertz CT molecular complexity index is 1150. The molecule has 0 aliphatic heterocycles. The molecule has 0 saturated carbocycles. The summed E-state index contributed by atoms with van der Waals surface area (Å²) in [6.07, 6.45) is 3.23. The van der Waals surface area contributed by atoms with E-state index in [1.807, 2.05) is 48.7 Å². The van der Waals surface area contributed by atoms with E-state index in [1.165, 1.54) is 5.56 Å². The number of nitrogens with zero attached hydrogens (tertiary/aromatic N) is 1. The van der Waals surface area contributed by atoms with Gasteiger partial charge in [-0.2, -0.15) is 0 Å². The van der Waals surface area contributed by atoms with Gasteiger partial charge in [0.15, 0.2) is 10.9 Å². The second kappa shape index (κ2) is 13.2. The Morgan fingerprint density at radius 3 is 1.76 bits per heavy atom. The van der Waals surface area contributed by atoms with E-state index in [9.17, 15) is 0 Å². The Hall–Kier alpha value is -2.57. The molecule has 0 saturated heterocycles. The van der Waals surface area contributed by atoms with Crippen molar-refractivity contribution >= 4 is 33.5 Å². The number of aromatic nitrogens is 1. The van der Waals surface area contributed by atoms with E-state index in [1.54, 1.807) is 28.4 Å². The van der Waals surface area contributed by atoms with Gasteiger partial charge in [0.05, 0.1) is 28.4 Å². The molecular weight excluding hydrogens is 559 g/mol. The van der Waals surface area contributed by atoms with Crippen LogP contribution in [0, 0.1) is 3.57 Å². The highest BCUT2D eigenvalue weighted by Gasteiger charge is 2.15. The second-order valence-electron chi connectivity index (χ2n) is 6.71. The minimum absolute atomic E-state index is 0.664. The van der Waals surface area contributed by atoms with Gasteiger partial charge in [-0.25, -0.2) is 13.6 Å². The summed E-state index contributed by atoms with van der Waals surface area (Å²) in [7, 11) is 4.03. The van der Waals surface area contributed by atoms with E-state index in [0.717, 1.165) is 43.4 Å². The van der Waals surface area contributed by atoms with Crippen LogP contribution in [0.25, 0.3) is 0 Å². The lowest BCUT2D eigenvalue weighted by atomic mass is 9.98. The average Bonchev–Trinajstić information content (AvgIpc) is 2.81. The zero-order chi connectivity index (χ0) is 24.4. The Morgan fingerprint density at radius 2 is 1.30 bits per heavy atom. The lowest BCUT2D eigenvalue weighted by molar-refractivity contribution is 0.391. The molecule has 0 spiro atoms. The van der Waals surface area contributed by atoms with Crippen LogP contribution in [0.1, 0.15) is 22.4 Å². The molecule has 0 unspecified atom stereocenters. The summed E-state index contributed by atoms with van der Waals surface area (Å²) < 4.78 is 40.6. The van der Waals surface area contributed by atoms with Crippen molar-refractivity contribution in [2.45, 2.75) is 12.8 Å². The molecule has 0 amide bonds. The number of hydrogen-bond acceptors (Lipinski definition) is 7. The summed E-state index contributed by atoms with van der Waals surface area (Å²) in [4.78, 5) is 4.68. The maximum absolute atomic E-state index is 8.81. The van der Waals surface area contributed by atoms with Gasteiger partial charge in [0.25, 0.3) is 0 Å². The molecule has 10 heteroatoms. The molecule has 2 N–H and O–H groups in total. The number of halogens is 1. The van der Waals surface area contributed by atoms with Crippen molar-refractivity contribution in [1.82, 2.24) is 4.98 Å². The second-order valence-corrected chi connectivity index (χ2v) is 8.45. The van der Waals surface area contributed by atoms with Gasteiger partial charge in [-0.05, 0) is 51.9 Å². The number of rotatable bonds is 8. The van der Waals surface area contributed by atoms with Gasteiger partial charge in [0.1, 0.15) is 23.0 Å². The molecule has 0 aliphatic rings. The van der Waals surface area contributed by atoms with E-state index < -0.39 is 10.9 Å². The quantitative estimate of drug-likeness (QED) is 0.308. The molecule has 1 heterocycles. The maximum Gasteiger partial charge on any atom is 0.198 e. The number of thiol groups is 1. The lowest BCUT2D eigenvalue weighted by Crippen LogP contribution is -2.05. The fourth-order valence-electron chi connectivity index (χ4n) is 3.21. The van der Waals surface area contributed by atoms with Crippen LogP contribution in [0.3, 0.4) is 0 Å². The first-order chi connectivity index (χ1) is 15.8. The van der Waals surface area contributed by atoms with Crippen LogP contribution in [0.15, 0.2) is 48.7 Å². The van der Waals surface area contributed by atoms with Crippen molar-refractivity contribution in [3.8, 4) is 23.0 Å². The lowest BCUT2D eigenvalue weighted by Gasteiger charge is -2.15. The van der Waals surface area contributed by atoms with E-state index >= 15 is 0 Å². The largest absolute Gasteiger partial charge is 0.497 e. The maximum atomic E-state index is 8.81. The van der Waals surface area contributed by atoms with Gasteiger partial charge >= 0.3 is 0 Å². The van der Waals surface area contributed by atoms with Gasteiger partial charge in [0, 0.05) is 46.0 Å². The molecule has 178 valence electrons. The predicted octanol–water partition coefficient (Wildman–Crippen LogP) is 3.37. The Morgan fingerprint density at radius 1 is 0.818 bits per heavy atom. The summed E-state index contributed by atoms with van der Waals surface area (Å²) in [6, 6.07) is 13.8. The number of methoxy groups -OCH3 is 4. The standard InChI is InChI=1S/C23H24INO4.H3NO2S/c1-26-17-7-5-15(22(13-17)28-3)11-19-20(24)9-10-25-21(19)12-16-6-8-18(27-2)14-23(16)29-4;1-4(2)3/h5-10,13-14H,11-12H2,1-4H3;4H,(H2,1,2,3). The Labute approximate surface area is 209 Å². The number of hydrogen-bond donors (Lipinski definition) is 2. The molecule has 33 heavy (non-hydrogen) atoms. The topological polar surface area (TPSA) is 110 Å². The third kappa shape index (κ3) is 7.76. The molecule has 0 fully saturated rings. The number of ether oxygens (including phenoxy) is 4. The highest BCUT2D eigenvalue weighted by Crippen LogP contribution is 2.31. The van der Waals surface area contributed by atoms with Crippen molar-refractivity contribution in [2.75, 3.05) is 28.4 Å². The normalized spacial score (nSPS) is 10.3. The predicted molar refractivity (Wildman–Crippen MR) is 136 cm³/mol. The van der Waals surface area contributed by atoms with Crippen molar-refractivity contribution in [1.29, 1.82) is 0 Å². The fourth-order valence-corrected chi connectivity index (χ4v) is 3.88. The van der Waals surface area contributed by atoms with E-state index in [2.05, 4.69) is 32.7 Å². The molecule has 0 atom stereocenters. The molecule has 0 aliphatic carbocycles. The molecule has 3 aromatic rings. The molecule has 2 aromatic carbocycles. The van der Waals surface area contributed by atoms with Crippen molar-refractivity contribution in [3.05, 3.63) is 74.6 Å². The summed E-state index contributed by atoms with van der Waals surface area (Å²) in [5.41, 5.74) is 4.33. The first-order valence-electron chi connectivity index (χ1n) is 9.76. The van der Waals surface area contributed by atoms with Gasteiger partial charge in [0.2, 0.25) is 0 Å². The minimum atomic E-state index is -2.62. The van der Waals surface area contributed by atoms with Crippen molar-refractivity contribution in [3.63, 3.8) is 0 Å². The fraction of sp³-hybridized carbons (Fsp3) is 0.261. The highest BCUT2D eigenvalue weighted by atomic mass is 127. The Balaban J connectivity index is 0.000000890. The smallest absolute Gasteiger partial charge is 0.198 e. The Kier molecular flexibility index (Phi) is 10.7. The number of benzene rings is 2. The monoisotopic (exact) mass is 586 g/mol. The van der Waals surface area contributed by atoms with Crippen LogP contribution in [0.5, 0.6) is 23.0 Å². The van der Waals surface area contributed by atoms with Gasteiger partial charge < -0.3 is 18.9 Å². The summed E-state index contributed by atoms with van der Waals surface area (Å²) in [5, 5.41) is 4.06. The van der Waals surface area contributed by atoms with Crippen LogP contribution in [-0.4, -0.2) is 41.8 Å². The van der Waals surface area contributed by atoms with Crippen molar-refractivity contribution in [2.24, 2.45) is 5.14 Å². The number of nitrogens with two attached hydrogens (primary N) is 1. The molecular formula is C23H27IN2O6S. The van der Waals surface area contributed by atoms with Crippen LogP contribution >= 0.6 is 22.6 Å². The van der Waals surface area contributed by atoms with Crippen molar-refractivity contribution < 1.29 is 27.4 Å². The molecule has 8 nitrogen and oxygen atoms in total. The summed E-state index contributed by atoms with van der Waals surface area (Å²) >= 11 is 2.37. The van der Waals surface area contributed by atoms with E-state index in [0.29, 0.717) is 12.8 Å². The summed E-state index contributed by atoms with van der Waals surface area (Å²) in [6.45, 7) is 0. The minimum Gasteiger partial charge on any atom is -0.497 e. The third-order valence-electron chi connectivity index (χ3n) is 4.80. The summed E-state index contributed by atoms with van der Waals surface area (Å²) in [5.74, 6) is 3.13. The van der Waals surface area contributed by atoms with E-state index in [-0.39, 0.29) is 0 Å². The first kappa shape index (κ1) is 26.7. The van der Waals surface area contributed by atoms with Crippen LogP contribution in [-0.2, 0) is 23.7 Å². The molecule has 0 radical (unpaired) electrons. The van der Waals surface area contributed by atoms with Gasteiger partial charge in [-0.15, -0.1) is 0 Å². The SMILES string of the molecule is COc1ccc(Cc2nccc(I)c2Cc2ccc(OC)cc2OC)c(OC)c1.N[SH](=O)=O. The zero-order valence-electron chi connectivity index (χ0n) is 18.8. The molecule has 3 rings (SSSR count). The third-order valence-corrected chi connectivity index (χ3v) is 5.81. The average molecular weight is 586 g/mol. The molecule has 0 bridgehead atoms. The van der Waals surface area contributed by atoms with Crippen LogP contribution < -0.4 is 24.1 Å². The van der Waals surface area contributed by atoms with Crippen LogP contribution in [0.2, 0.25) is 0 Å².